The van der Waals surface area contributed by atoms with Gasteiger partial charge in [-0.15, -0.1) is 0 Å². The van der Waals surface area contributed by atoms with Crippen molar-refractivity contribution in [1.82, 2.24) is 10.6 Å². The van der Waals surface area contributed by atoms with E-state index >= 15 is 0 Å². The van der Waals surface area contributed by atoms with Crippen LogP contribution in [0.1, 0.15) is 16.8 Å². The fourth-order valence-corrected chi connectivity index (χ4v) is 2.10. The van der Waals surface area contributed by atoms with Crippen LogP contribution in [0.2, 0.25) is 5.02 Å². The zero-order valence-electron chi connectivity index (χ0n) is 10.4. The monoisotopic (exact) mass is 286 g/mol. The van der Waals surface area contributed by atoms with Gasteiger partial charge in [-0.25, -0.2) is 4.39 Å². The maximum Gasteiger partial charge on any atom is 0.254 e. The molecule has 1 aromatic rings. The molecule has 0 spiro atoms. The third-order valence-electron chi connectivity index (χ3n) is 2.95. The summed E-state index contributed by atoms with van der Waals surface area (Å²) in [7, 11) is 0. The molecular weight excluding hydrogens is 271 g/mol. The highest BCUT2D eigenvalue weighted by Crippen LogP contribution is 2.14. The molecule has 1 fully saturated rings. The summed E-state index contributed by atoms with van der Waals surface area (Å²) in [6.45, 7) is 2.64. The van der Waals surface area contributed by atoms with E-state index in [1.807, 2.05) is 0 Å². The number of amides is 1. The van der Waals surface area contributed by atoms with Gasteiger partial charge < -0.3 is 15.4 Å². The molecule has 0 saturated carbocycles. The lowest BCUT2D eigenvalue weighted by Crippen LogP contribution is -2.43. The average Bonchev–Trinajstić information content (AvgIpc) is 2.42. The molecule has 0 bridgehead atoms. The number of nitrogens with one attached hydrogen (secondary N) is 2. The SMILES string of the molecule is O=C(NCCC1COCCN1)c1cc(Cl)ccc1F. The summed E-state index contributed by atoms with van der Waals surface area (Å²) in [5.41, 5.74) is -0.0275. The maximum absolute atomic E-state index is 13.5. The van der Waals surface area contributed by atoms with E-state index < -0.39 is 11.7 Å². The quantitative estimate of drug-likeness (QED) is 0.884. The van der Waals surface area contributed by atoms with E-state index in [2.05, 4.69) is 10.6 Å². The minimum Gasteiger partial charge on any atom is -0.379 e. The van der Waals surface area contributed by atoms with Gasteiger partial charge in [0.2, 0.25) is 0 Å². The van der Waals surface area contributed by atoms with Gasteiger partial charge in [0, 0.05) is 24.2 Å². The standard InChI is InChI=1S/C13H16ClFN2O2/c14-9-1-2-12(15)11(7-9)13(18)17-4-3-10-8-19-6-5-16-10/h1-2,7,10,16H,3-6,8H2,(H,17,18). The fourth-order valence-electron chi connectivity index (χ4n) is 1.93. The average molecular weight is 287 g/mol. The second kappa shape index (κ2) is 6.84. The first kappa shape index (κ1) is 14.2. The first-order valence-corrected chi connectivity index (χ1v) is 6.59. The third-order valence-corrected chi connectivity index (χ3v) is 3.18. The van der Waals surface area contributed by atoms with Crippen LogP contribution >= 0.6 is 11.6 Å². The molecule has 19 heavy (non-hydrogen) atoms. The number of morpholine rings is 1. The first-order chi connectivity index (χ1) is 9.16. The second-order valence-corrected chi connectivity index (χ2v) is 4.83. The molecule has 1 aromatic carbocycles. The van der Waals surface area contributed by atoms with Gasteiger partial charge in [0.15, 0.2) is 0 Å². The predicted octanol–water partition coefficient (Wildman–Crippen LogP) is 1.59. The van der Waals surface area contributed by atoms with E-state index in [9.17, 15) is 9.18 Å². The van der Waals surface area contributed by atoms with Crippen LogP contribution in [0.5, 0.6) is 0 Å². The summed E-state index contributed by atoms with van der Waals surface area (Å²) in [6, 6.07) is 4.16. The van der Waals surface area contributed by atoms with Crippen LogP contribution in [-0.4, -0.2) is 38.3 Å². The highest BCUT2D eigenvalue weighted by atomic mass is 35.5. The molecule has 6 heteroatoms. The summed E-state index contributed by atoms with van der Waals surface area (Å²) >= 11 is 5.74. The maximum atomic E-state index is 13.5. The Morgan fingerprint density at radius 2 is 2.42 bits per heavy atom. The highest BCUT2D eigenvalue weighted by Gasteiger charge is 2.15. The molecule has 2 rings (SSSR count). The van der Waals surface area contributed by atoms with Gasteiger partial charge >= 0.3 is 0 Å². The van der Waals surface area contributed by atoms with Crippen molar-refractivity contribution in [2.75, 3.05) is 26.3 Å². The Bertz CT molecular complexity index is 450. The van der Waals surface area contributed by atoms with Gasteiger partial charge in [0.05, 0.1) is 18.8 Å². The molecule has 0 radical (unpaired) electrons. The normalized spacial score (nSPS) is 19.2. The van der Waals surface area contributed by atoms with Gasteiger partial charge in [-0.2, -0.15) is 0 Å². The largest absolute Gasteiger partial charge is 0.379 e. The van der Waals surface area contributed by atoms with Crippen molar-refractivity contribution in [1.29, 1.82) is 0 Å². The zero-order chi connectivity index (χ0) is 13.7. The van der Waals surface area contributed by atoms with Crippen molar-refractivity contribution in [3.8, 4) is 0 Å². The lowest BCUT2D eigenvalue weighted by Gasteiger charge is -2.23. The number of carbonyl (C=O) groups excluding carboxylic acids is 1. The van der Waals surface area contributed by atoms with E-state index in [4.69, 9.17) is 16.3 Å². The molecule has 104 valence electrons. The van der Waals surface area contributed by atoms with Crippen LogP contribution in [0.15, 0.2) is 18.2 Å². The van der Waals surface area contributed by atoms with Gasteiger partial charge in [0.25, 0.3) is 5.91 Å². The van der Waals surface area contributed by atoms with Crippen molar-refractivity contribution in [3.05, 3.63) is 34.6 Å². The molecule has 1 aliphatic heterocycles. The molecular formula is C13H16ClFN2O2. The number of benzene rings is 1. The number of carbonyl (C=O) groups is 1. The number of hydrogen-bond donors (Lipinski definition) is 2. The van der Waals surface area contributed by atoms with Gasteiger partial charge in [-0.3, -0.25) is 4.79 Å². The topological polar surface area (TPSA) is 50.4 Å². The van der Waals surface area contributed by atoms with Crippen LogP contribution < -0.4 is 10.6 Å². The molecule has 1 saturated heterocycles. The van der Waals surface area contributed by atoms with Crippen molar-refractivity contribution in [2.45, 2.75) is 12.5 Å². The number of rotatable bonds is 4. The van der Waals surface area contributed by atoms with Gasteiger partial charge in [-0.1, -0.05) is 11.6 Å². The van der Waals surface area contributed by atoms with Gasteiger partial charge in [-0.05, 0) is 24.6 Å². The van der Waals surface area contributed by atoms with E-state index in [-0.39, 0.29) is 11.6 Å². The molecule has 2 N–H and O–H groups in total. The third kappa shape index (κ3) is 4.16. The van der Waals surface area contributed by atoms with E-state index in [1.54, 1.807) is 0 Å². The molecule has 0 aliphatic carbocycles. The summed E-state index contributed by atoms with van der Waals surface area (Å²) in [5, 5.41) is 6.30. The number of hydrogen-bond acceptors (Lipinski definition) is 3. The van der Waals surface area contributed by atoms with Crippen LogP contribution in [0, 0.1) is 5.82 Å². The summed E-state index contributed by atoms with van der Waals surface area (Å²) in [6.07, 6.45) is 0.744. The van der Waals surface area contributed by atoms with Crippen LogP contribution in [0.4, 0.5) is 4.39 Å². The molecule has 4 nitrogen and oxygen atoms in total. The van der Waals surface area contributed by atoms with E-state index in [0.717, 1.165) is 19.6 Å². The molecule has 1 unspecified atom stereocenters. The smallest absolute Gasteiger partial charge is 0.254 e. The Kier molecular flexibility index (Phi) is 5.13. The van der Waals surface area contributed by atoms with Crippen molar-refractivity contribution in [2.24, 2.45) is 0 Å². The summed E-state index contributed by atoms with van der Waals surface area (Å²) in [5.74, 6) is -1.02. The lowest BCUT2D eigenvalue weighted by atomic mass is 10.1. The zero-order valence-corrected chi connectivity index (χ0v) is 11.2. The van der Waals surface area contributed by atoms with Crippen molar-refractivity contribution in [3.63, 3.8) is 0 Å². The van der Waals surface area contributed by atoms with Crippen LogP contribution in [-0.2, 0) is 4.74 Å². The Hall–Kier alpha value is -1.17. The Morgan fingerprint density at radius 3 is 3.16 bits per heavy atom. The van der Waals surface area contributed by atoms with Crippen LogP contribution in [0.25, 0.3) is 0 Å². The predicted molar refractivity (Wildman–Crippen MR) is 71.0 cm³/mol. The van der Waals surface area contributed by atoms with Crippen molar-refractivity contribution >= 4 is 17.5 Å². The summed E-state index contributed by atoms with van der Waals surface area (Å²) < 4.78 is 18.8. The summed E-state index contributed by atoms with van der Waals surface area (Å²) in [4.78, 5) is 11.8. The van der Waals surface area contributed by atoms with E-state index in [0.29, 0.717) is 18.2 Å². The van der Waals surface area contributed by atoms with Crippen molar-refractivity contribution < 1.29 is 13.9 Å². The molecule has 1 heterocycles. The molecule has 1 atom stereocenters. The molecule has 0 aromatic heterocycles. The second-order valence-electron chi connectivity index (χ2n) is 4.39. The highest BCUT2D eigenvalue weighted by molar-refractivity contribution is 6.30. The van der Waals surface area contributed by atoms with Gasteiger partial charge in [0.1, 0.15) is 5.82 Å². The molecule has 1 amide bonds. The first-order valence-electron chi connectivity index (χ1n) is 6.21. The lowest BCUT2D eigenvalue weighted by molar-refractivity contribution is 0.0732. The Morgan fingerprint density at radius 1 is 1.58 bits per heavy atom. The Balaban J connectivity index is 1.82. The fraction of sp³-hybridized carbons (Fsp3) is 0.462. The minimum absolute atomic E-state index is 0.0275. The van der Waals surface area contributed by atoms with Crippen LogP contribution in [0.3, 0.4) is 0 Å². The number of ether oxygens (including phenoxy) is 1. The van der Waals surface area contributed by atoms with E-state index in [1.165, 1.54) is 18.2 Å². The Labute approximate surface area is 116 Å². The minimum atomic E-state index is -0.568. The molecule has 1 aliphatic rings. The number of halogens is 2.